The van der Waals surface area contributed by atoms with Crippen molar-refractivity contribution in [2.45, 2.75) is 188 Å². The number of carbonyl (C=O) groups excluding carboxylic acids is 2. The van der Waals surface area contributed by atoms with Crippen molar-refractivity contribution in [2.24, 2.45) is 5.92 Å². The highest BCUT2D eigenvalue weighted by atomic mass is 32.2. The Kier molecular flexibility index (Phi) is 34.0. The van der Waals surface area contributed by atoms with E-state index in [-0.39, 0.29) is 11.2 Å². The van der Waals surface area contributed by atoms with Gasteiger partial charge in [-0.1, -0.05) is 161 Å². The average molecular weight is 655 g/mol. The van der Waals surface area contributed by atoms with Crippen LogP contribution in [0.25, 0.3) is 0 Å². The highest BCUT2D eigenvalue weighted by Crippen LogP contribution is 2.20. The van der Waals surface area contributed by atoms with Gasteiger partial charge in [0.15, 0.2) is 0 Å². The van der Waals surface area contributed by atoms with Crippen molar-refractivity contribution in [1.82, 2.24) is 9.80 Å². The molecule has 0 saturated heterocycles. The van der Waals surface area contributed by atoms with Crippen LogP contribution in [0, 0.1) is 5.92 Å². The van der Waals surface area contributed by atoms with Crippen LogP contribution >= 0.6 is 11.8 Å². The molecule has 0 aromatic heterocycles. The van der Waals surface area contributed by atoms with Crippen LogP contribution in [0.15, 0.2) is 0 Å². The van der Waals surface area contributed by atoms with E-state index in [4.69, 9.17) is 4.74 Å². The van der Waals surface area contributed by atoms with E-state index in [1.807, 2.05) is 0 Å². The van der Waals surface area contributed by atoms with Crippen LogP contribution in [0.5, 0.6) is 0 Å². The van der Waals surface area contributed by atoms with Gasteiger partial charge in [-0.3, -0.25) is 9.59 Å². The summed E-state index contributed by atoms with van der Waals surface area (Å²) in [6, 6.07) is 0. The maximum absolute atomic E-state index is 12.9. The van der Waals surface area contributed by atoms with Gasteiger partial charge < -0.3 is 14.5 Å². The molecule has 0 aliphatic rings. The second-order valence-electron chi connectivity index (χ2n) is 13.9. The van der Waals surface area contributed by atoms with Gasteiger partial charge in [0.2, 0.25) is 0 Å². The predicted molar refractivity (Wildman–Crippen MR) is 199 cm³/mol. The van der Waals surface area contributed by atoms with Gasteiger partial charge in [0.25, 0.3) is 5.24 Å². The number of amides is 1. The number of unbranched alkanes of at least 4 members (excludes halogenated alkanes) is 19. The maximum Gasteiger partial charge on any atom is 0.305 e. The lowest BCUT2D eigenvalue weighted by Gasteiger charge is -2.22. The molecule has 0 rings (SSSR count). The molecule has 0 unspecified atom stereocenters. The van der Waals surface area contributed by atoms with Crippen LogP contribution in [0.1, 0.15) is 188 Å². The summed E-state index contributed by atoms with van der Waals surface area (Å²) in [5.74, 6) is 1.39. The number of hydrogen-bond donors (Lipinski definition) is 0. The van der Waals surface area contributed by atoms with Crippen LogP contribution in [0.2, 0.25) is 0 Å². The van der Waals surface area contributed by atoms with Crippen molar-refractivity contribution in [1.29, 1.82) is 0 Å². The minimum Gasteiger partial charge on any atom is -0.465 e. The van der Waals surface area contributed by atoms with Gasteiger partial charge in [-0.2, -0.15) is 0 Å². The molecule has 5 nitrogen and oxygen atoms in total. The number of rotatable bonds is 34. The quantitative estimate of drug-likeness (QED) is 0.0510. The molecule has 0 aromatic rings. The molecule has 6 heteroatoms. The summed E-state index contributed by atoms with van der Waals surface area (Å²) in [7, 11) is 4.12. The highest BCUT2D eigenvalue weighted by Gasteiger charge is 2.15. The average Bonchev–Trinajstić information content (AvgIpc) is 3.02. The molecule has 0 aromatic carbocycles. The van der Waals surface area contributed by atoms with E-state index in [2.05, 4.69) is 44.7 Å². The summed E-state index contributed by atoms with van der Waals surface area (Å²) in [5, 5.41) is 0.253. The van der Waals surface area contributed by atoms with Gasteiger partial charge in [-0.05, 0) is 52.1 Å². The van der Waals surface area contributed by atoms with Crippen LogP contribution in [0.3, 0.4) is 0 Å². The minimum absolute atomic E-state index is 0.00569. The van der Waals surface area contributed by atoms with Crippen LogP contribution in [-0.4, -0.2) is 67.1 Å². The lowest BCUT2D eigenvalue weighted by atomic mass is 9.95. The summed E-state index contributed by atoms with van der Waals surface area (Å²) in [6.45, 7) is 10.1. The number of esters is 1. The molecule has 0 bridgehead atoms. The third-order valence-electron chi connectivity index (χ3n) is 9.02. The fraction of sp³-hybridized carbons (Fsp3) is 0.949. The molecule has 0 heterocycles. The zero-order valence-electron chi connectivity index (χ0n) is 31.0. The van der Waals surface area contributed by atoms with E-state index >= 15 is 0 Å². The summed E-state index contributed by atoms with van der Waals surface area (Å²) in [4.78, 5) is 29.7. The van der Waals surface area contributed by atoms with Crippen molar-refractivity contribution in [3.8, 4) is 0 Å². The molecule has 0 radical (unpaired) electrons. The SMILES string of the molecule is CCCCCCCCCCN(CCCCCCCC(=O)OCC(CCCCCCC)CCCCCCC)C(=O)SCCN(C)C. The van der Waals surface area contributed by atoms with E-state index in [9.17, 15) is 9.59 Å². The number of carbonyl (C=O) groups is 2. The van der Waals surface area contributed by atoms with Crippen molar-refractivity contribution >= 4 is 23.0 Å². The zero-order valence-corrected chi connectivity index (χ0v) is 31.8. The number of nitrogens with zero attached hydrogens (tertiary/aromatic N) is 2. The number of hydrogen-bond acceptors (Lipinski definition) is 5. The fourth-order valence-electron chi connectivity index (χ4n) is 5.91. The Morgan fingerprint density at radius 3 is 1.44 bits per heavy atom. The smallest absolute Gasteiger partial charge is 0.305 e. The van der Waals surface area contributed by atoms with Crippen LogP contribution in [-0.2, 0) is 9.53 Å². The summed E-state index contributed by atoms with van der Waals surface area (Å²) < 4.78 is 5.78. The van der Waals surface area contributed by atoms with E-state index in [0.29, 0.717) is 18.9 Å². The maximum atomic E-state index is 12.9. The molecule has 0 fully saturated rings. The molecule has 0 aliphatic heterocycles. The van der Waals surface area contributed by atoms with Crippen LogP contribution < -0.4 is 0 Å². The van der Waals surface area contributed by atoms with E-state index in [1.165, 1.54) is 134 Å². The van der Waals surface area contributed by atoms with Gasteiger partial charge in [-0.25, -0.2) is 0 Å². The monoisotopic (exact) mass is 655 g/mol. The van der Waals surface area contributed by atoms with Gasteiger partial charge >= 0.3 is 5.97 Å². The van der Waals surface area contributed by atoms with Gasteiger partial charge in [0.05, 0.1) is 6.61 Å². The standard InChI is InChI=1S/C39H78N2O3S/c1-6-9-12-15-16-17-22-27-32-41(39(43)45-35-34-40(4)5)33-28-23-18-21-26-31-38(42)44-36-37(29-24-19-13-10-7-2)30-25-20-14-11-8-3/h37H,6-36H2,1-5H3. The van der Waals surface area contributed by atoms with Gasteiger partial charge in [0.1, 0.15) is 0 Å². The Labute approximate surface area is 286 Å². The molecule has 0 saturated carbocycles. The van der Waals surface area contributed by atoms with Crippen molar-refractivity contribution in [2.75, 3.05) is 46.1 Å². The molecular formula is C39H78N2O3S. The topological polar surface area (TPSA) is 49.9 Å². The molecule has 0 atom stereocenters. The zero-order chi connectivity index (χ0) is 33.2. The molecule has 268 valence electrons. The van der Waals surface area contributed by atoms with E-state index in [0.717, 1.165) is 63.9 Å². The third-order valence-corrected chi connectivity index (χ3v) is 9.92. The first-order chi connectivity index (χ1) is 21.9. The Balaban J connectivity index is 4.27. The third kappa shape index (κ3) is 31.6. The lowest BCUT2D eigenvalue weighted by Crippen LogP contribution is -2.30. The highest BCUT2D eigenvalue weighted by molar-refractivity contribution is 8.13. The number of ether oxygens (including phenoxy) is 1. The lowest BCUT2D eigenvalue weighted by molar-refractivity contribution is -0.145. The molecule has 1 amide bonds. The minimum atomic E-state index is -0.00569. The molecule has 0 aliphatic carbocycles. The molecule has 45 heavy (non-hydrogen) atoms. The molecule has 0 N–H and O–H groups in total. The van der Waals surface area contributed by atoms with Gasteiger partial charge in [0, 0.05) is 31.8 Å². The first-order valence-electron chi connectivity index (χ1n) is 19.7. The predicted octanol–water partition coefficient (Wildman–Crippen LogP) is 12.1. The van der Waals surface area contributed by atoms with E-state index < -0.39 is 0 Å². The van der Waals surface area contributed by atoms with Crippen molar-refractivity contribution in [3.63, 3.8) is 0 Å². The Hall–Kier alpha value is -0.750. The van der Waals surface area contributed by atoms with Crippen LogP contribution in [0.4, 0.5) is 4.79 Å². The normalized spacial score (nSPS) is 11.5. The molecular weight excluding hydrogens is 577 g/mol. The first-order valence-corrected chi connectivity index (χ1v) is 20.6. The Morgan fingerprint density at radius 2 is 0.978 bits per heavy atom. The van der Waals surface area contributed by atoms with Crippen molar-refractivity contribution in [3.05, 3.63) is 0 Å². The Bertz CT molecular complexity index is 632. The summed E-state index contributed by atoms with van der Waals surface area (Å²) in [5.41, 5.74) is 0. The molecule has 0 spiro atoms. The Morgan fingerprint density at radius 1 is 0.556 bits per heavy atom. The number of thioether (sulfide) groups is 1. The van der Waals surface area contributed by atoms with Crippen molar-refractivity contribution < 1.29 is 14.3 Å². The largest absolute Gasteiger partial charge is 0.465 e. The summed E-state index contributed by atoms with van der Waals surface area (Å²) >= 11 is 1.48. The summed E-state index contributed by atoms with van der Waals surface area (Å²) in [6.07, 6.45) is 31.7. The second kappa shape index (κ2) is 34.6. The first kappa shape index (κ1) is 44.2. The fourth-order valence-corrected chi connectivity index (χ4v) is 6.90. The second-order valence-corrected chi connectivity index (χ2v) is 14.9. The van der Waals surface area contributed by atoms with E-state index in [1.54, 1.807) is 0 Å². The van der Waals surface area contributed by atoms with Gasteiger partial charge in [-0.15, -0.1) is 0 Å².